The predicted octanol–water partition coefficient (Wildman–Crippen LogP) is 1.56. The lowest BCUT2D eigenvalue weighted by Crippen LogP contribution is -2.36. The van der Waals surface area contributed by atoms with Gasteiger partial charge in [-0.15, -0.1) is 0 Å². The van der Waals surface area contributed by atoms with Crippen LogP contribution in [0.25, 0.3) is 10.9 Å². The number of aromatic nitrogens is 4. The third-order valence-electron chi connectivity index (χ3n) is 3.72. The Morgan fingerprint density at radius 1 is 1.32 bits per heavy atom. The second kappa shape index (κ2) is 7.16. The van der Waals surface area contributed by atoms with Gasteiger partial charge in [0.25, 0.3) is 0 Å². The molecule has 3 aromatic rings. The van der Waals surface area contributed by atoms with Crippen LogP contribution in [0, 0.1) is 6.92 Å². The molecule has 130 valence electrons. The largest absolute Gasteiger partial charge is 0.464 e. The van der Waals surface area contributed by atoms with E-state index in [0.717, 1.165) is 10.9 Å². The van der Waals surface area contributed by atoms with Crippen LogP contribution >= 0.6 is 0 Å². The molecule has 0 fully saturated rings. The van der Waals surface area contributed by atoms with E-state index in [-0.39, 0.29) is 18.9 Å². The number of nitrogens with one attached hydrogen (secondary N) is 3. The summed E-state index contributed by atoms with van der Waals surface area (Å²) in [6.07, 6.45) is 1.69. The number of aromatic amines is 2. The highest BCUT2D eigenvalue weighted by Gasteiger charge is 2.27. The summed E-state index contributed by atoms with van der Waals surface area (Å²) in [7, 11) is 0. The predicted molar refractivity (Wildman–Crippen MR) is 90.6 cm³/mol. The van der Waals surface area contributed by atoms with Gasteiger partial charge in [-0.2, -0.15) is 5.10 Å². The molecular weight excluding hydrogens is 322 g/mol. The van der Waals surface area contributed by atoms with E-state index in [1.807, 2.05) is 24.3 Å². The number of esters is 1. The Bertz CT molecular complexity index is 898. The topological polar surface area (TPSA) is 113 Å². The number of amides is 1. The Balaban J connectivity index is 1.84. The van der Waals surface area contributed by atoms with Gasteiger partial charge in [0.15, 0.2) is 11.9 Å². The minimum atomic E-state index is -0.899. The highest BCUT2D eigenvalue weighted by atomic mass is 16.5. The van der Waals surface area contributed by atoms with E-state index in [4.69, 9.17) is 4.74 Å². The molecule has 0 aliphatic rings. The molecule has 0 unspecified atom stereocenters. The van der Waals surface area contributed by atoms with Crippen LogP contribution in [-0.4, -0.2) is 38.6 Å². The molecule has 0 saturated carbocycles. The lowest BCUT2D eigenvalue weighted by molar-refractivity contribution is -0.147. The molecule has 3 rings (SSSR count). The number of carbonyl (C=O) groups is 2. The Morgan fingerprint density at radius 3 is 2.84 bits per heavy atom. The van der Waals surface area contributed by atoms with Gasteiger partial charge in [0.05, 0.1) is 13.0 Å². The van der Waals surface area contributed by atoms with E-state index in [0.29, 0.717) is 17.2 Å². The number of fused-ring (bicyclic) bond motifs is 1. The van der Waals surface area contributed by atoms with Crippen LogP contribution in [0.1, 0.15) is 30.2 Å². The Morgan fingerprint density at radius 2 is 2.12 bits per heavy atom. The molecule has 0 aliphatic heterocycles. The van der Waals surface area contributed by atoms with Gasteiger partial charge in [-0.3, -0.25) is 9.89 Å². The molecular formula is C17H19N5O3. The highest BCUT2D eigenvalue weighted by molar-refractivity contribution is 5.92. The molecule has 2 aromatic heterocycles. The van der Waals surface area contributed by atoms with Crippen LogP contribution in [0.4, 0.5) is 0 Å². The number of hydrogen-bond donors (Lipinski definition) is 3. The molecule has 1 atom stereocenters. The third kappa shape index (κ3) is 3.68. The first-order valence-electron chi connectivity index (χ1n) is 7.98. The van der Waals surface area contributed by atoms with Crippen molar-refractivity contribution in [1.29, 1.82) is 0 Å². The standard InChI is InChI=1S/C17H19N5O3/c1-3-25-17(24)16(12-9-18-13-7-5-4-6-11(12)13)20-15(23)8-14-19-10(2)21-22-14/h4-7,9,16,18H,3,8H2,1-2H3,(H,20,23)(H,19,21,22)/t16-/m0/s1. The summed E-state index contributed by atoms with van der Waals surface area (Å²) in [5, 5.41) is 10.2. The van der Waals surface area contributed by atoms with Gasteiger partial charge in [-0.25, -0.2) is 9.78 Å². The van der Waals surface area contributed by atoms with Crippen molar-refractivity contribution in [1.82, 2.24) is 25.5 Å². The molecule has 1 aromatic carbocycles. The molecule has 0 spiro atoms. The maximum absolute atomic E-state index is 12.4. The molecule has 3 N–H and O–H groups in total. The van der Waals surface area contributed by atoms with Crippen molar-refractivity contribution in [2.45, 2.75) is 26.3 Å². The summed E-state index contributed by atoms with van der Waals surface area (Å²) in [6, 6.07) is 6.66. The van der Waals surface area contributed by atoms with Crippen molar-refractivity contribution < 1.29 is 14.3 Å². The quantitative estimate of drug-likeness (QED) is 0.589. The van der Waals surface area contributed by atoms with E-state index < -0.39 is 12.0 Å². The molecule has 8 heteroatoms. The number of nitrogens with zero attached hydrogens (tertiary/aromatic N) is 2. The first-order valence-corrected chi connectivity index (χ1v) is 7.98. The number of hydrogen-bond acceptors (Lipinski definition) is 5. The molecule has 0 radical (unpaired) electrons. The Hall–Kier alpha value is -3.16. The lowest BCUT2D eigenvalue weighted by atomic mass is 10.1. The second-order valence-electron chi connectivity index (χ2n) is 5.56. The van der Waals surface area contributed by atoms with E-state index >= 15 is 0 Å². The first-order chi connectivity index (χ1) is 12.1. The van der Waals surface area contributed by atoms with Gasteiger partial charge in [0.1, 0.15) is 5.82 Å². The van der Waals surface area contributed by atoms with Crippen LogP contribution in [0.15, 0.2) is 30.5 Å². The number of para-hydroxylation sites is 1. The zero-order valence-electron chi connectivity index (χ0n) is 14.0. The van der Waals surface area contributed by atoms with Crippen molar-refractivity contribution in [2.24, 2.45) is 0 Å². The summed E-state index contributed by atoms with van der Waals surface area (Å²) in [6.45, 7) is 3.71. The van der Waals surface area contributed by atoms with Crippen molar-refractivity contribution in [3.63, 3.8) is 0 Å². The maximum atomic E-state index is 12.4. The monoisotopic (exact) mass is 341 g/mol. The average Bonchev–Trinajstić information content (AvgIpc) is 3.19. The first kappa shape index (κ1) is 16.7. The van der Waals surface area contributed by atoms with Crippen molar-refractivity contribution in [3.05, 3.63) is 47.7 Å². The van der Waals surface area contributed by atoms with E-state index in [1.165, 1.54) is 0 Å². The van der Waals surface area contributed by atoms with Gasteiger partial charge in [-0.1, -0.05) is 18.2 Å². The molecule has 2 heterocycles. The van der Waals surface area contributed by atoms with Crippen molar-refractivity contribution in [3.8, 4) is 0 Å². The molecule has 0 saturated heterocycles. The van der Waals surface area contributed by atoms with Crippen molar-refractivity contribution >= 4 is 22.8 Å². The fraction of sp³-hybridized carbons (Fsp3) is 0.294. The van der Waals surface area contributed by atoms with E-state index in [2.05, 4.69) is 25.5 Å². The lowest BCUT2D eigenvalue weighted by Gasteiger charge is -2.16. The number of rotatable bonds is 6. The minimum absolute atomic E-state index is 0.0252. The summed E-state index contributed by atoms with van der Waals surface area (Å²) in [5.74, 6) is 0.131. The zero-order chi connectivity index (χ0) is 17.8. The van der Waals surface area contributed by atoms with Crippen LogP contribution in [0.3, 0.4) is 0 Å². The smallest absolute Gasteiger partial charge is 0.333 e. The van der Waals surface area contributed by atoms with Crippen LogP contribution in [0.2, 0.25) is 0 Å². The number of benzene rings is 1. The number of carbonyl (C=O) groups excluding carboxylic acids is 2. The summed E-state index contributed by atoms with van der Waals surface area (Å²) >= 11 is 0. The Kier molecular flexibility index (Phi) is 4.78. The fourth-order valence-corrected chi connectivity index (χ4v) is 2.65. The SMILES string of the molecule is CCOC(=O)[C@@H](NC(=O)Cc1n[nH]c(C)n1)c1c[nH]c2ccccc12. The molecule has 8 nitrogen and oxygen atoms in total. The normalized spacial score (nSPS) is 12.1. The maximum Gasteiger partial charge on any atom is 0.333 e. The van der Waals surface area contributed by atoms with Gasteiger partial charge in [0.2, 0.25) is 5.91 Å². The van der Waals surface area contributed by atoms with Gasteiger partial charge in [0, 0.05) is 22.7 Å². The summed E-state index contributed by atoms with van der Waals surface area (Å²) in [4.78, 5) is 31.9. The number of H-pyrrole nitrogens is 2. The average molecular weight is 341 g/mol. The van der Waals surface area contributed by atoms with Crippen LogP contribution in [-0.2, 0) is 20.7 Å². The van der Waals surface area contributed by atoms with E-state index in [1.54, 1.807) is 20.0 Å². The molecule has 25 heavy (non-hydrogen) atoms. The van der Waals surface area contributed by atoms with Crippen LogP contribution in [0.5, 0.6) is 0 Å². The Labute approximate surface area is 144 Å². The second-order valence-corrected chi connectivity index (χ2v) is 5.56. The number of ether oxygens (including phenoxy) is 1. The minimum Gasteiger partial charge on any atom is -0.464 e. The molecule has 0 aliphatic carbocycles. The number of aryl methyl sites for hydroxylation is 1. The zero-order valence-corrected chi connectivity index (χ0v) is 14.0. The molecule has 1 amide bonds. The van der Waals surface area contributed by atoms with Gasteiger partial charge >= 0.3 is 5.97 Å². The van der Waals surface area contributed by atoms with Crippen LogP contribution < -0.4 is 5.32 Å². The highest BCUT2D eigenvalue weighted by Crippen LogP contribution is 2.25. The van der Waals surface area contributed by atoms with E-state index in [9.17, 15) is 9.59 Å². The summed E-state index contributed by atoms with van der Waals surface area (Å²) in [5.41, 5.74) is 1.54. The molecule has 0 bridgehead atoms. The summed E-state index contributed by atoms with van der Waals surface area (Å²) < 4.78 is 5.13. The third-order valence-corrected chi connectivity index (χ3v) is 3.72. The van der Waals surface area contributed by atoms with Crippen molar-refractivity contribution in [2.75, 3.05) is 6.61 Å². The van der Waals surface area contributed by atoms with Gasteiger partial charge in [-0.05, 0) is 19.9 Å². The fourth-order valence-electron chi connectivity index (χ4n) is 2.65. The van der Waals surface area contributed by atoms with Gasteiger partial charge < -0.3 is 15.0 Å².